The molecule has 1 aliphatic carbocycles. The molecule has 0 radical (unpaired) electrons. The summed E-state index contributed by atoms with van der Waals surface area (Å²) < 4.78 is 39.5. The van der Waals surface area contributed by atoms with Gasteiger partial charge < -0.3 is 4.74 Å². The maximum atomic E-state index is 11.4. The predicted octanol–water partition coefficient (Wildman–Crippen LogP) is 4.95. The van der Waals surface area contributed by atoms with Crippen LogP contribution in [0, 0.1) is 11.3 Å². The molecule has 0 spiro atoms. The lowest BCUT2D eigenvalue weighted by Gasteiger charge is -2.41. The highest BCUT2D eigenvalue weighted by atomic mass is 79.9. The Morgan fingerprint density at radius 3 is 2.65 bits per heavy atom. The van der Waals surface area contributed by atoms with Crippen molar-refractivity contribution in [2.24, 2.45) is 11.3 Å². The number of rotatable bonds is 5. The second-order valence-corrected chi connectivity index (χ2v) is 9.90. The van der Waals surface area contributed by atoms with Gasteiger partial charge in [0.25, 0.3) is 10.1 Å². The Morgan fingerprint density at radius 1 is 1.35 bits per heavy atom. The maximum Gasteiger partial charge on any atom is 0.275 e. The molecule has 0 aromatic heterocycles. The van der Waals surface area contributed by atoms with Crippen molar-refractivity contribution in [3.8, 4) is 5.75 Å². The molecule has 0 saturated carbocycles. The largest absolute Gasteiger partial charge is 0.490 e. The van der Waals surface area contributed by atoms with Crippen molar-refractivity contribution < 1.29 is 17.7 Å². The third-order valence-corrected chi connectivity index (χ3v) is 6.98. The molecular weight excluding hydrogens is 416 g/mol. The fraction of sp³-hybridized carbons (Fsp3) is 0.500. The van der Waals surface area contributed by atoms with Crippen molar-refractivity contribution in [3.63, 3.8) is 0 Å². The third kappa shape index (κ3) is 4.07. The minimum Gasteiger partial charge on any atom is -0.490 e. The van der Waals surface area contributed by atoms with Crippen LogP contribution in [0.1, 0.15) is 38.7 Å². The van der Waals surface area contributed by atoms with Crippen LogP contribution in [0.5, 0.6) is 5.75 Å². The Morgan fingerprint density at radius 2 is 2.04 bits per heavy atom. The molecule has 1 N–H and O–H groups in total. The van der Waals surface area contributed by atoms with Crippen molar-refractivity contribution in [2.45, 2.75) is 50.9 Å². The van der Waals surface area contributed by atoms with Crippen LogP contribution in [0.15, 0.2) is 47.0 Å². The number of halogens is 1. The van der Waals surface area contributed by atoms with E-state index in [0.29, 0.717) is 0 Å². The number of allylic oxidation sites excluding steroid dienone is 2. The molecule has 0 amide bonds. The summed E-state index contributed by atoms with van der Waals surface area (Å²) in [6.07, 6.45) is 11.0. The Labute approximate surface area is 164 Å². The molecular formula is C20H25BrO4S. The van der Waals surface area contributed by atoms with Crippen molar-refractivity contribution in [1.82, 2.24) is 0 Å². The monoisotopic (exact) mass is 440 g/mol. The van der Waals surface area contributed by atoms with E-state index in [0.717, 1.165) is 35.9 Å². The highest BCUT2D eigenvalue weighted by molar-refractivity contribution is 9.10. The van der Waals surface area contributed by atoms with Gasteiger partial charge in [-0.05, 0) is 43.0 Å². The van der Waals surface area contributed by atoms with E-state index in [4.69, 9.17) is 4.74 Å². The van der Waals surface area contributed by atoms with E-state index in [9.17, 15) is 13.0 Å². The third-order valence-electron chi connectivity index (χ3n) is 5.48. The summed E-state index contributed by atoms with van der Waals surface area (Å²) in [5, 5.41) is -0.955. The molecule has 6 heteroatoms. The second-order valence-electron chi connectivity index (χ2n) is 7.41. The molecule has 2 unspecified atom stereocenters. The lowest BCUT2D eigenvalue weighted by atomic mass is 9.69. The minimum atomic E-state index is -4.09. The zero-order valence-electron chi connectivity index (χ0n) is 15.1. The highest BCUT2D eigenvalue weighted by Gasteiger charge is 2.40. The zero-order valence-corrected chi connectivity index (χ0v) is 17.5. The van der Waals surface area contributed by atoms with Gasteiger partial charge >= 0.3 is 0 Å². The molecule has 3 rings (SSSR count). The van der Waals surface area contributed by atoms with E-state index >= 15 is 0 Å². The maximum absolute atomic E-state index is 11.4. The zero-order chi connectivity index (χ0) is 18.9. The first kappa shape index (κ1) is 19.6. The Bertz CT molecular complexity index is 814. The topological polar surface area (TPSA) is 63.6 Å². The van der Waals surface area contributed by atoms with Crippen LogP contribution in [0.2, 0.25) is 0 Å². The van der Waals surface area contributed by atoms with Crippen LogP contribution in [0.25, 0.3) is 0 Å². The van der Waals surface area contributed by atoms with Gasteiger partial charge in [-0.1, -0.05) is 60.5 Å². The molecule has 1 heterocycles. The summed E-state index contributed by atoms with van der Waals surface area (Å²) in [7, 11) is -4.09. The SMILES string of the molecule is CCCC(C1CCc2cc(Br)ccc2O1)C1(C)C=CC(S(=O)(=O)O)C=C1. The normalized spacial score (nSPS) is 29.1. The Kier molecular flexibility index (Phi) is 5.66. The van der Waals surface area contributed by atoms with Gasteiger partial charge in [-0.25, -0.2) is 0 Å². The average Bonchev–Trinajstić information content (AvgIpc) is 2.58. The van der Waals surface area contributed by atoms with E-state index in [1.54, 1.807) is 12.2 Å². The first-order chi connectivity index (χ1) is 12.2. The standard InChI is InChI=1S/C20H25BrO4S/c1-3-4-17(20(2)11-9-16(10-12-20)26(22,23)24)19-7-5-14-13-15(21)6-8-18(14)25-19/h6,8-13,16-17,19H,3-5,7H2,1-2H3,(H,22,23,24). The molecule has 2 aliphatic rings. The van der Waals surface area contributed by atoms with Gasteiger partial charge in [0.15, 0.2) is 0 Å². The van der Waals surface area contributed by atoms with Gasteiger partial charge in [0.05, 0.1) is 0 Å². The van der Waals surface area contributed by atoms with Crippen molar-refractivity contribution in [3.05, 3.63) is 52.5 Å². The second kappa shape index (κ2) is 7.49. The molecule has 4 nitrogen and oxygen atoms in total. The molecule has 0 bridgehead atoms. The van der Waals surface area contributed by atoms with Crippen LogP contribution in [0.3, 0.4) is 0 Å². The summed E-state index contributed by atoms with van der Waals surface area (Å²) in [5.74, 6) is 1.17. The molecule has 1 aliphatic heterocycles. The smallest absolute Gasteiger partial charge is 0.275 e. The van der Waals surface area contributed by atoms with Gasteiger partial charge in [0.1, 0.15) is 17.1 Å². The van der Waals surface area contributed by atoms with Crippen LogP contribution in [-0.2, 0) is 16.5 Å². The summed E-state index contributed by atoms with van der Waals surface area (Å²) in [6.45, 7) is 4.27. The van der Waals surface area contributed by atoms with Crippen LogP contribution >= 0.6 is 15.9 Å². The first-order valence-corrected chi connectivity index (χ1v) is 11.3. The quantitative estimate of drug-likeness (QED) is 0.519. The van der Waals surface area contributed by atoms with Crippen molar-refractivity contribution >= 4 is 26.0 Å². The van der Waals surface area contributed by atoms with Crippen LogP contribution in [-0.4, -0.2) is 24.3 Å². The minimum absolute atomic E-state index is 0.0743. The Balaban J connectivity index is 1.84. The van der Waals surface area contributed by atoms with Gasteiger partial charge in [-0.2, -0.15) is 8.42 Å². The fourth-order valence-corrected chi connectivity index (χ4v) is 5.00. The summed E-state index contributed by atoms with van der Waals surface area (Å²) in [6, 6.07) is 6.12. The highest BCUT2D eigenvalue weighted by Crippen LogP contribution is 2.43. The van der Waals surface area contributed by atoms with Crippen LogP contribution < -0.4 is 4.74 Å². The molecule has 142 valence electrons. The van der Waals surface area contributed by atoms with Crippen molar-refractivity contribution in [1.29, 1.82) is 0 Å². The lowest BCUT2D eigenvalue weighted by Crippen LogP contribution is -2.40. The number of hydrogen-bond acceptors (Lipinski definition) is 3. The molecule has 0 saturated heterocycles. The number of hydrogen-bond donors (Lipinski definition) is 1. The summed E-state index contributed by atoms with van der Waals surface area (Å²) in [5.41, 5.74) is 0.923. The molecule has 1 aromatic rings. The Hall–Kier alpha value is -1.11. The van der Waals surface area contributed by atoms with Crippen molar-refractivity contribution in [2.75, 3.05) is 0 Å². The fourth-order valence-electron chi connectivity index (χ4n) is 4.04. The molecule has 2 atom stereocenters. The van der Waals surface area contributed by atoms with Gasteiger partial charge in [0.2, 0.25) is 0 Å². The first-order valence-electron chi connectivity index (χ1n) is 9.03. The van der Waals surface area contributed by atoms with E-state index in [1.807, 2.05) is 24.3 Å². The molecule has 0 fully saturated rings. The van der Waals surface area contributed by atoms with E-state index in [2.05, 4.69) is 35.8 Å². The molecule has 1 aromatic carbocycles. The van der Waals surface area contributed by atoms with Gasteiger partial charge in [-0.3, -0.25) is 4.55 Å². The number of ether oxygens (including phenoxy) is 1. The number of fused-ring (bicyclic) bond motifs is 1. The summed E-state index contributed by atoms with van der Waals surface area (Å²) >= 11 is 3.51. The predicted molar refractivity (Wildman–Crippen MR) is 107 cm³/mol. The van der Waals surface area contributed by atoms with Gasteiger partial charge in [0, 0.05) is 15.8 Å². The van der Waals surface area contributed by atoms with E-state index in [1.165, 1.54) is 5.56 Å². The molecule has 26 heavy (non-hydrogen) atoms. The lowest BCUT2D eigenvalue weighted by molar-refractivity contribution is 0.0629. The number of aryl methyl sites for hydroxylation is 1. The number of benzene rings is 1. The van der Waals surface area contributed by atoms with E-state index < -0.39 is 15.4 Å². The summed E-state index contributed by atoms with van der Waals surface area (Å²) in [4.78, 5) is 0. The van der Waals surface area contributed by atoms with Gasteiger partial charge in [-0.15, -0.1) is 0 Å². The van der Waals surface area contributed by atoms with E-state index in [-0.39, 0.29) is 17.4 Å². The average molecular weight is 441 g/mol. The van der Waals surface area contributed by atoms with Crippen LogP contribution in [0.4, 0.5) is 0 Å².